The van der Waals surface area contributed by atoms with E-state index in [1.807, 2.05) is 6.20 Å². The van der Waals surface area contributed by atoms with Gasteiger partial charge in [0.1, 0.15) is 5.82 Å². The van der Waals surface area contributed by atoms with Gasteiger partial charge in [0.15, 0.2) is 0 Å². The van der Waals surface area contributed by atoms with Crippen molar-refractivity contribution < 1.29 is 0 Å². The normalized spacial score (nSPS) is 12.1. The summed E-state index contributed by atoms with van der Waals surface area (Å²) in [5.41, 5.74) is 2.72. The Hall–Kier alpha value is -1.57. The Balaban J connectivity index is 2.39. The van der Waals surface area contributed by atoms with Crippen LogP contribution in [0.3, 0.4) is 0 Å². The fourth-order valence-electron chi connectivity index (χ4n) is 2.46. The highest BCUT2D eigenvalue weighted by Crippen LogP contribution is 2.26. The van der Waals surface area contributed by atoms with E-state index in [-0.39, 0.29) is 5.41 Å². The van der Waals surface area contributed by atoms with Crippen LogP contribution < -0.4 is 0 Å². The number of benzene rings is 1. The van der Waals surface area contributed by atoms with E-state index in [0.29, 0.717) is 6.04 Å². The van der Waals surface area contributed by atoms with Crippen LogP contribution >= 0.6 is 0 Å². The molecule has 0 unspecified atom stereocenters. The second kappa shape index (κ2) is 5.20. The minimum atomic E-state index is 0.0825. The van der Waals surface area contributed by atoms with Crippen LogP contribution in [0.4, 0.5) is 0 Å². The number of nitrogens with zero attached hydrogens (tertiary/aromatic N) is 2. The van der Waals surface area contributed by atoms with Crippen LogP contribution in [0.25, 0.3) is 0 Å². The molecule has 0 atom stereocenters. The first kappa shape index (κ1) is 13.9. The lowest BCUT2D eigenvalue weighted by molar-refractivity contribution is 0.461. The Kier molecular flexibility index (Phi) is 3.79. The van der Waals surface area contributed by atoms with Gasteiger partial charge in [-0.1, -0.05) is 51.1 Å². The van der Waals surface area contributed by atoms with Gasteiger partial charge in [-0.15, -0.1) is 0 Å². The zero-order valence-electron chi connectivity index (χ0n) is 12.6. The lowest BCUT2D eigenvalue weighted by Crippen LogP contribution is -2.21. The number of rotatable bonds is 3. The lowest BCUT2D eigenvalue weighted by Gasteiger charge is -2.24. The quantitative estimate of drug-likeness (QED) is 0.798. The van der Waals surface area contributed by atoms with Crippen LogP contribution in [0, 0.1) is 0 Å². The Morgan fingerprint density at radius 3 is 2.26 bits per heavy atom. The molecule has 2 aromatic rings. The minimum Gasteiger partial charge on any atom is -0.329 e. The molecule has 0 amide bonds. The van der Waals surface area contributed by atoms with Crippen molar-refractivity contribution in [3.05, 3.63) is 53.6 Å². The van der Waals surface area contributed by atoms with Crippen molar-refractivity contribution in [1.82, 2.24) is 9.55 Å². The third-order valence-corrected chi connectivity index (χ3v) is 3.29. The van der Waals surface area contributed by atoms with E-state index in [0.717, 1.165) is 6.42 Å². The Morgan fingerprint density at radius 2 is 1.74 bits per heavy atom. The van der Waals surface area contributed by atoms with Crippen molar-refractivity contribution >= 4 is 0 Å². The summed E-state index contributed by atoms with van der Waals surface area (Å²) in [6, 6.07) is 11.0. The maximum Gasteiger partial charge on any atom is 0.114 e. The molecule has 1 heterocycles. The van der Waals surface area contributed by atoms with Crippen molar-refractivity contribution in [2.24, 2.45) is 0 Å². The van der Waals surface area contributed by atoms with Gasteiger partial charge in [0.05, 0.1) is 0 Å². The van der Waals surface area contributed by atoms with E-state index < -0.39 is 0 Å². The Bertz CT molecular complexity index is 530. The monoisotopic (exact) mass is 256 g/mol. The zero-order valence-corrected chi connectivity index (χ0v) is 12.6. The van der Waals surface area contributed by atoms with Gasteiger partial charge in [-0.05, 0) is 19.4 Å². The van der Waals surface area contributed by atoms with Crippen molar-refractivity contribution in [2.75, 3.05) is 0 Å². The van der Waals surface area contributed by atoms with Gasteiger partial charge in [-0.2, -0.15) is 0 Å². The molecule has 0 fully saturated rings. The summed E-state index contributed by atoms with van der Waals surface area (Å²) in [4.78, 5) is 4.67. The lowest BCUT2D eigenvalue weighted by atomic mass is 9.95. The molecular weight excluding hydrogens is 232 g/mol. The average Bonchev–Trinajstić information content (AvgIpc) is 2.74. The average molecular weight is 256 g/mol. The summed E-state index contributed by atoms with van der Waals surface area (Å²) in [6.07, 6.45) is 2.98. The molecule has 0 saturated carbocycles. The van der Waals surface area contributed by atoms with E-state index in [1.165, 1.54) is 17.1 Å². The molecule has 0 spiro atoms. The molecule has 1 aromatic heterocycles. The number of imidazole rings is 1. The maximum atomic E-state index is 4.67. The number of hydrogen-bond acceptors (Lipinski definition) is 1. The van der Waals surface area contributed by atoms with Crippen LogP contribution in [0.15, 0.2) is 36.5 Å². The van der Waals surface area contributed by atoms with Crippen molar-refractivity contribution in [2.45, 2.75) is 52.5 Å². The highest BCUT2D eigenvalue weighted by atomic mass is 15.1. The van der Waals surface area contributed by atoms with E-state index in [1.54, 1.807) is 0 Å². The third-order valence-electron chi connectivity index (χ3n) is 3.29. The summed E-state index contributed by atoms with van der Waals surface area (Å²) in [7, 11) is 0. The molecule has 0 saturated heterocycles. The first-order valence-electron chi connectivity index (χ1n) is 7.00. The smallest absolute Gasteiger partial charge is 0.114 e. The highest BCUT2D eigenvalue weighted by Gasteiger charge is 2.23. The van der Waals surface area contributed by atoms with Crippen molar-refractivity contribution in [3.8, 4) is 0 Å². The fraction of sp³-hybridized carbons (Fsp3) is 0.471. The highest BCUT2D eigenvalue weighted by molar-refractivity contribution is 5.23. The molecule has 19 heavy (non-hydrogen) atoms. The fourth-order valence-corrected chi connectivity index (χ4v) is 2.46. The molecule has 0 N–H and O–H groups in total. The maximum absolute atomic E-state index is 4.67. The Labute approximate surface area is 116 Å². The summed E-state index contributed by atoms with van der Waals surface area (Å²) < 4.78 is 2.38. The summed E-state index contributed by atoms with van der Waals surface area (Å²) in [6.45, 7) is 11.1. The molecule has 0 bridgehead atoms. The van der Waals surface area contributed by atoms with Crippen LogP contribution in [-0.2, 0) is 11.8 Å². The molecule has 2 rings (SSSR count). The second-order valence-electron chi connectivity index (χ2n) is 6.45. The summed E-state index contributed by atoms with van der Waals surface area (Å²) in [5.74, 6) is 1.17. The molecule has 2 heteroatoms. The SMILES string of the molecule is CC(C)n1c(Cc2ccccc2)cnc1C(C)(C)C. The minimum absolute atomic E-state index is 0.0825. The summed E-state index contributed by atoms with van der Waals surface area (Å²) in [5, 5.41) is 0. The molecule has 2 nitrogen and oxygen atoms in total. The molecule has 1 aromatic carbocycles. The van der Waals surface area contributed by atoms with E-state index >= 15 is 0 Å². The van der Waals surface area contributed by atoms with Gasteiger partial charge >= 0.3 is 0 Å². The van der Waals surface area contributed by atoms with Gasteiger partial charge in [-0.25, -0.2) is 4.98 Å². The van der Waals surface area contributed by atoms with Gasteiger partial charge in [0, 0.05) is 29.8 Å². The largest absolute Gasteiger partial charge is 0.329 e. The van der Waals surface area contributed by atoms with Gasteiger partial charge in [-0.3, -0.25) is 0 Å². The predicted octanol–water partition coefficient (Wildman–Crippen LogP) is 4.35. The zero-order chi connectivity index (χ0) is 14.0. The number of hydrogen-bond donors (Lipinski definition) is 0. The molecule has 0 aliphatic rings. The molecular formula is C17H24N2. The Morgan fingerprint density at radius 1 is 1.11 bits per heavy atom. The van der Waals surface area contributed by atoms with Crippen LogP contribution in [-0.4, -0.2) is 9.55 Å². The topological polar surface area (TPSA) is 17.8 Å². The summed E-state index contributed by atoms with van der Waals surface area (Å²) >= 11 is 0. The van der Waals surface area contributed by atoms with Crippen molar-refractivity contribution in [3.63, 3.8) is 0 Å². The first-order chi connectivity index (χ1) is 8.89. The molecule has 102 valence electrons. The first-order valence-corrected chi connectivity index (χ1v) is 7.00. The second-order valence-corrected chi connectivity index (χ2v) is 6.45. The van der Waals surface area contributed by atoms with Crippen molar-refractivity contribution in [1.29, 1.82) is 0 Å². The number of aromatic nitrogens is 2. The molecule has 0 aliphatic carbocycles. The van der Waals surface area contributed by atoms with Crippen LogP contribution in [0.5, 0.6) is 0 Å². The van der Waals surface area contributed by atoms with Crippen LogP contribution in [0.2, 0.25) is 0 Å². The van der Waals surface area contributed by atoms with Crippen LogP contribution in [0.1, 0.15) is 57.7 Å². The third kappa shape index (κ3) is 3.06. The molecule has 0 aliphatic heterocycles. The predicted molar refractivity (Wildman–Crippen MR) is 80.6 cm³/mol. The van der Waals surface area contributed by atoms with E-state index in [9.17, 15) is 0 Å². The standard InChI is InChI=1S/C17H24N2/c1-13(2)19-15(11-14-9-7-6-8-10-14)12-18-16(19)17(3,4)5/h6-10,12-13H,11H2,1-5H3. The van der Waals surface area contributed by atoms with E-state index in [2.05, 4.69) is 74.5 Å². The molecule has 0 radical (unpaired) electrons. The van der Waals surface area contributed by atoms with Gasteiger partial charge < -0.3 is 4.57 Å². The van der Waals surface area contributed by atoms with Gasteiger partial charge in [0.25, 0.3) is 0 Å². The van der Waals surface area contributed by atoms with E-state index in [4.69, 9.17) is 0 Å². The van der Waals surface area contributed by atoms with Gasteiger partial charge in [0.2, 0.25) is 0 Å².